The molecule has 1 aromatic heterocycles. The second-order valence-electron chi connectivity index (χ2n) is 5.89. The molecule has 3 unspecified atom stereocenters. The van der Waals surface area contributed by atoms with Crippen molar-refractivity contribution in [2.45, 2.75) is 18.9 Å². The molecule has 6 heteroatoms. The Morgan fingerprint density at radius 1 is 1.24 bits per heavy atom. The minimum Gasteiger partial charge on any atom is -0.380 e. The molecule has 3 atom stereocenters. The molecule has 2 bridgehead atoms. The van der Waals surface area contributed by atoms with Crippen molar-refractivity contribution >= 4 is 17.3 Å². The number of hydrogen-bond donors (Lipinski definition) is 1. The molecule has 0 aliphatic carbocycles. The van der Waals surface area contributed by atoms with E-state index >= 15 is 0 Å². The van der Waals surface area contributed by atoms with Gasteiger partial charge < -0.3 is 10.2 Å². The first-order valence-electron chi connectivity index (χ1n) is 7.43. The highest BCUT2D eigenvalue weighted by atomic mass is 35.5. The maximum Gasteiger partial charge on any atom is 0.138 e. The van der Waals surface area contributed by atoms with Crippen LogP contribution in [0.1, 0.15) is 12.8 Å². The van der Waals surface area contributed by atoms with Gasteiger partial charge in [0.15, 0.2) is 0 Å². The quantitative estimate of drug-likeness (QED) is 0.946. The van der Waals surface area contributed by atoms with Gasteiger partial charge in [0.2, 0.25) is 0 Å². The fourth-order valence-corrected chi connectivity index (χ4v) is 3.67. The Morgan fingerprint density at radius 3 is 3.00 bits per heavy atom. The van der Waals surface area contributed by atoms with Gasteiger partial charge in [-0.2, -0.15) is 5.10 Å². The number of benzene rings is 1. The first-order valence-corrected chi connectivity index (χ1v) is 7.81. The van der Waals surface area contributed by atoms with Crippen LogP contribution in [0.2, 0.25) is 5.02 Å². The number of fused-ring (bicyclic) bond motifs is 2. The summed E-state index contributed by atoms with van der Waals surface area (Å²) in [5, 5.41) is 8.68. The molecule has 0 radical (unpaired) electrons. The SMILES string of the molecule is Clc1ccc(-n2cncn2)c(NC2CCN3CCC2C3)c1. The molecule has 21 heavy (non-hydrogen) atoms. The third-order valence-electron chi connectivity index (χ3n) is 4.60. The van der Waals surface area contributed by atoms with Crippen LogP contribution in [0.5, 0.6) is 0 Å². The summed E-state index contributed by atoms with van der Waals surface area (Å²) in [6.07, 6.45) is 5.74. The Morgan fingerprint density at radius 2 is 2.14 bits per heavy atom. The van der Waals surface area contributed by atoms with Crippen molar-refractivity contribution in [2.24, 2.45) is 5.92 Å². The van der Waals surface area contributed by atoms with Gasteiger partial charge in [-0.25, -0.2) is 9.67 Å². The molecular weight excluding hydrogens is 286 g/mol. The first-order chi connectivity index (χ1) is 10.3. The molecule has 0 saturated carbocycles. The van der Waals surface area contributed by atoms with Gasteiger partial charge in [0.05, 0.1) is 11.4 Å². The molecule has 5 nitrogen and oxygen atoms in total. The molecule has 1 N–H and O–H groups in total. The lowest BCUT2D eigenvalue weighted by Crippen LogP contribution is -2.39. The fourth-order valence-electron chi connectivity index (χ4n) is 3.50. The van der Waals surface area contributed by atoms with Gasteiger partial charge in [0, 0.05) is 24.2 Å². The monoisotopic (exact) mass is 303 g/mol. The van der Waals surface area contributed by atoms with Gasteiger partial charge in [0.1, 0.15) is 12.7 Å². The van der Waals surface area contributed by atoms with Crippen molar-refractivity contribution in [1.29, 1.82) is 0 Å². The Balaban J connectivity index is 1.63. The smallest absolute Gasteiger partial charge is 0.138 e. The minimum absolute atomic E-state index is 0.518. The summed E-state index contributed by atoms with van der Waals surface area (Å²) in [5.41, 5.74) is 2.04. The molecule has 2 aromatic rings. The van der Waals surface area contributed by atoms with Crippen LogP contribution in [-0.2, 0) is 0 Å². The zero-order chi connectivity index (χ0) is 14.2. The Kier molecular flexibility index (Phi) is 3.31. The molecular formula is C15H18ClN5. The topological polar surface area (TPSA) is 46.0 Å². The number of aromatic nitrogens is 3. The lowest BCUT2D eigenvalue weighted by Gasteiger charge is -2.32. The Hall–Kier alpha value is -1.59. The maximum absolute atomic E-state index is 6.18. The van der Waals surface area contributed by atoms with Gasteiger partial charge in [-0.1, -0.05) is 11.6 Å². The molecule has 2 fully saturated rings. The summed E-state index contributed by atoms with van der Waals surface area (Å²) in [6.45, 7) is 3.65. The van der Waals surface area contributed by atoms with Gasteiger partial charge >= 0.3 is 0 Å². The third-order valence-corrected chi connectivity index (χ3v) is 4.83. The highest BCUT2D eigenvalue weighted by Gasteiger charge is 2.34. The Bertz CT molecular complexity index is 627. The highest BCUT2D eigenvalue weighted by molar-refractivity contribution is 6.31. The molecule has 3 heterocycles. The van der Waals surface area contributed by atoms with Gasteiger partial charge in [-0.05, 0) is 43.5 Å². The summed E-state index contributed by atoms with van der Waals surface area (Å²) < 4.78 is 1.78. The summed E-state index contributed by atoms with van der Waals surface area (Å²) in [4.78, 5) is 6.59. The average molecular weight is 304 g/mol. The van der Waals surface area contributed by atoms with Gasteiger partial charge in [0.25, 0.3) is 0 Å². The van der Waals surface area contributed by atoms with Crippen LogP contribution in [0.3, 0.4) is 0 Å². The number of nitrogens with one attached hydrogen (secondary N) is 1. The summed E-state index contributed by atoms with van der Waals surface area (Å²) in [7, 11) is 0. The highest BCUT2D eigenvalue weighted by Crippen LogP contribution is 2.32. The van der Waals surface area contributed by atoms with E-state index in [9.17, 15) is 0 Å². The number of halogens is 1. The lowest BCUT2D eigenvalue weighted by molar-refractivity contribution is 0.255. The lowest BCUT2D eigenvalue weighted by atomic mass is 9.94. The average Bonchev–Trinajstić information content (AvgIpc) is 3.13. The van der Waals surface area contributed by atoms with Crippen molar-refractivity contribution in [3.8, 4) is 5.69 Å². The molecule has 4 rings (SSSR count). The van der Waals surface area contributed by atoms with E-state index < -0.39 is 0 Å². The standard InChI is InChI=1S/C15H18ClN5/c16-12-1-2-15(21-10-17-9-18-21)14(7-12)19-13-4-6-20-5-3-11(13)8-20/h1-2,7,9-11,13,19H,3-6,8H2. The predicted octanol–water partition coefficient (Wildman–Crippen LogP) is 2.43. The second kappa shape index (κ2) is 5.31. The fraction of sp³-hybridized carbons (Fsp3) is 0.467. The van der Waals surface area contributed by atoms with Crippen LogP contribution >= 0.6 is 11.6 Å². The van der Waals surface area contributed by atoms with Crippen molar-refractivity contribution in [3.05, 3.63) is 35.9 Å². The molecule has 2 saturated heterocycles. The third kappa shape index (κ3) is 2.51. The molecule has 2 aliphatic heterocycles. The van der Waals surface area contributed by atoms with E-state index in [1.54, 1.807) is 17.3 Å². The van der Waals surface area contributed by atoms with E-state index in [1.807, 2.05) is 18.2 Å². The van der Waals surface area contributed by atoms with E-state index in [-0.39, 0.29) is 0 Å². The molecule has 2 aliphatic rings. The van der Waals surface area contributed by atoms with E-state index in [0.29, 0.717) is 6.04 Å². The molecule has 0 spiro atoms. The van der Waals surface area contributed by atoms with Crippen LogP contribution in [0.25, 0.3) is 5.69 Å². The molecule has 0 amide bonds. The second-order valence-corrected chi connectivity index (χ2v) is 6.33. The largest absolute Gasteiger partial charge is 0.380 e. The number of rotatable bonds is 3. The van der Waals surface area contributed by atoms with Crippen LogP contribution in [0.15, 0.2) is 30.9 Å². The zero-order valence-corrected chi connectivity index (χ0v) is 12.5. The number of piperidine rings is 1. The molecule has 110 valence electrons. The van der Waals surface area contributed by atoms with Crippen LogP contribution in [0, 0.1) is 5.92 Å². The predicted molar refractivity (Wildman–Crippen MR) is 82.9 cm³/mol. The van der Waals surface area contributed by atoms with Crippen LogP contribution in [-0.4, -0.2) is 45.3 Å². The van der Waals surface area contributed by atoms with E-state index in [1.165, 1.54) is 32.5 Å². The summed E-state index contributed by atoms with van der Waals surface area (Å²) in [5.74, 6) is 0.737. The summed E-state index contributed by atoms with van der Waals surface area (Å²) >= 11 is 6.18. The Labute approximate surface area is 128 Å². The summed E-state index contributed by atoms with van der Waals surface area (Å²) in [6, 6.07) is 6.38. The van der Waals surface area contributed by atoms with Gasteiger partial charge in [-0.15, -0.1) is 0 Å². The van der Waals surface area contributed by atoms with Crippen LogP contribution < -0.4 is 5.32 Å². The number of nitrogens with zero attached hydrogens (tertiary/aromatic N) is 4. The van der Waals surface area contributed by atoms with Crippen molar-refractivity contribution < 1.29 is 0 Å². The number of hydrogen-bond acceptors (Lipinski definition) is 4. The van der Waals surface area contributed by atoms with E-state index in [4.69, 9.17) is 11.6 Å². The van der Waals surface area contributed by atoms with E-state index in [2.05, 4.69) is 20.3 Å². The van der Waals surface area contributed by atoms with Gasteiger partial charge in [-0.3, -0.25) is 0 Å². The van der Waals surface area contributed by atoms with Crippen LogP contribution in [0.4, 0.5) is 5.69 Å². The van der Waals surface area contributed by atoms with Crippen molar-refractivity contribution in [1.82, 2.24) is 19.7 Å². The zero-order valence-electron chi connectivity index (χ0n) is 11.7. The minimum atomic E-state index is 0.518. The maximum atomic E-state index is 6.18. The van der Waals surface area contributed by atoms with E-state index in [0.717, 1.165) is 22.3 Å². The first kappa shape index (κ1) is 13.1. The number of anilines is 1. The normalized spacial score (nSPS) is 27.8. The molecule has 1 aromatic carbocycles. The van der Waals surface area contributed by atoms with Crippen molar-refractivity contribution in [3.63, 3.8) is 0 Å². The van der Waals surface area contributed by atoms with Crippen molar-refractivity contribution in [2.75, 3.05) is 25.0 Å².